The zero-order valence-electron chi connectivity index (χ0n) is 25.0. The molecular formula is C33H47N5O4. The Balaban J connectivity index is 0.938. The number of nitrogens with one attached hydrogen (secondary N) is 1. The highest BCUT2D eigenvalue weighted by molar-refractivity contribution is 6.06. The molecule has 0 unspecified atom stereocenters. The van der Waals surface area contributed by atoms with Crippen molar-refractivity contribution in [1.82, 2.24) is 20.0 Å². The Bertz CT molecular complexity index is 1150. The number of benzene rings is 1. The summed E-state index contributed by atoms with van der Waals surface area (Å²) in [6.07, 6.45) is 13.3. The van der Waals surface area contributed by atoms with Gasteiger partial charge in [0.1, 0.15) is 0 Å². The number of piperidine rings is 1. The van der Waals surface area contributed by atoms with Crippen molar-refractivity contribution in [1.29, 1.82) is 0 Å². The fraction of sp³-hybridized carbons (Fsp3) is 0.697. The fourth-order valence-electron chi connectivity index (χ4n) is 8.08. The summed E-state index contributed by atoms with van der Waals surface area (Å²) in [6.45, 7) is 6.86. The minimum Gasteiger partial charge on any atom is -0.340 e. The van der Waals surface area contributed by atoms with Gasteiger partial charge in [0.15, 0.2) is 0 Å². The number of amides is 5. The van der Waals surface area contributed by atoms with Crippen LogP contribution in [0.1, 0.15) is 87.4 Å². The van der Waals surface area contributed by atoms with E-state index in [1.165, 1.54) is 49.8 Å². The molecule has 2 aliphatic carbocycles. The van der Waals surface area contributed by atoms with Crippen molar-refractivity contribution >= 4 is 29.4 Å². The standard InChI is InChI=1S/C33H47N5O4/c39-29-11-16-38(32(42)34-29)28-8-4-7-27(23-28)31(41)36-17-14-33(15-18-36)12-9-25(10-13-33)24-35-19-21-37(22-20-35)30(40)26-5-2-1-3-6-26/h4,7-8,23,25-26H,1-3,5-6,9-22,24H2,(H,34,39,42). The number of imide groups is 1. The van der Waals surface area contributed by atoms with Gasteiger partial charge in [-0.2, -0.15) is 0 Å². The van der Waals surface area contributed by atoms with E-state index in [0.717, 1.165) is 77.4 Å². The van der Waals surface area contributed by atoms with Crippen LogP contribution in [0.5, 0.6) is 0 Å². The second-order valence-electron chi connectivity index (χ2n) is 13.5. The largest absolute Gasteiger partial charge is 0.340 e. The molecule has 9 heteroatoms. The van der Waals surface area contributed by atoms with E-state index < -0.39 is 6.03 Å². The van der Waals surface area contributed by atoms with Gasteiger partial charge in [0.2, 0.25) is 11.8 Å². The normalized spacial score (nSPS) is 24.6. The first-order chi connectivity index (χ1) is 20.4. The number of nitrogens with zero attached hydrogens (tertiary/aromatic N) is 4. The Labute approximate surface area is 249 Å². The van der Waals surface area contributed by atoms with Crippen molar-refractivity contribution in [3.63, 3.8) is 0 Å². The van der Waals surface area contributed by atoms with Crippen molar-refractivity contribution < 1.29 is 19.2 Å². The maximum absolute atomic E-state index is 13.4. The molecule has 228 valence electrons. The van der Waals surface area contributed by atoms with Crippen LogP contribution in [0.2, 0.25) is 0 Å². The number of rotatable bonds is 5. The fourth-order valence-corrected chi connectivity index (χ4v) is 8.08. The number of carbonyl (C=O) groups is 4. The van der Waals surface area contributed by atoms with Crippen LogP contribution in [-0.4, -0.2) is 90.8 Å². The molecule has 3 saturated heterocycles. The van der Waals surface area contributed by atoms with E-state index in [1.54, 1.807) is 6.07 Å². The monoisotopic (exact) mass is 577 g/mol. The molecule has 1 N–H and O–H groups in total. The van der Waals surface area contributed by atoms with Crippen molar-refractivity contribution in [3.05, 3.63) is 29.8 Å². The molecule has 3 heterocycles. The molecule has 9 nitrogen and oxygen atoms in total. The van der Waals surface area contributed by atoms with Gasteiger partial charge in [0.25, 0.3) is 5.91 Å². The summed E-state index contributed by atoms with van der Waals surface area (Å²) in [7, 11) is 0. The zero-order chi connectivity index (χ0) is 29.1. The molecule has 1 aromatic rings. The van der Waals surface area contributed by atoms with Crippen LogP contribution in [-0.2, 0) is 9.59 Å². The summed E-state index contributed by atoms with van der Waals surface area (Å²) in [4.78, 5) is 58.3. The van der Waals surface area contributed by atoms with Crippen LogP contribution < -0.4 is 10.2 Å². The lowest BCUT2D eigenvalue weighted by Crippen LogP contribution is -2.51. The molecule has 0 atom stereocenters. The van der Waals surface area contributed by atoms with Gasteiger partial charge >= 0.3 is 6.03 Å². The number of hydrogen-bond donors (Lipinski definition) is 1. The lowest BCUT2D eigenvalue weighted by Gasteiger charge is -2.47. The van der Waals surface area contributed by atoms with E-state index in [-0.39, 0.29) is 24.2 Å². The van der Waals surface area contributed by atoms with Gasteiger partial charge < -0.3 is 9.80 Å². The molecule has 5 aliphatic rings. The number of carbonyl (C=O) groups excluding carboxylic acids is 4. The molecule has 1 spiro atoms. The molecule has 2 saturated carbocycles. The van der Waals surface area contributed by atoms with E-state index in [2.05, 4.69) is 15.1 Å². The van der Waals surface area contributed by atoms with Crippen LogP contribution in [0.3, 0.4) is 0 Å². The molecular weight excluding hydrogens is 530 g/mol. The molecule has 5 fully saturated rings. The molecule has 6 rings (SSSR count). The highest BCUT2D eigenvalue weighted by Crippen LogP contribution is 2.46. The second-order valence-corrected chi connectivity index (χ2v) is 13.5. The number of anilines is 1. The highest BCUT2D eigenvalue weighted by atomic mass is 16.2. The minimum absolute atomic E-state index is 0.0231. The third-order valence-corrected chi connectivity index (χ3v) is 10.9. The molecule has 3 aliphatic heterocycles. The molecule has 0 aromatic heterocycles. The minimum atomic E-state index is -0.432. The smallest absolute Gasteiger partial charge is 0.328 e. The van der Waals surface area contributed by atoms with Crippen LogP contribution in [0, 0.1) is 17.3 Å². The summed E-state index contributed by atoms with van der Waals surface area (Å²) in [5.74, 6) is 1.19. The van der Waals surface area contributed by atoms with Crippen LogP contribution in [0.25, 0.3) is 0 Å². The third-order valence-electron chi connectivity index (χ3n) is 10.9. The van der Waals surface area contributed by atoms with Crippen molar-refractivity contribution in [3.8, 4) is 0 Å². The van der Waals surface area contributed by atoms with E-state index in [1.807, 2.05) is 23.1 Å². The van der Waals surface area contributed by atoms with Gasteiger partial charge in [-0.3, -0.25) is 29.5 Å². The van der Waals surface area contributed by atoms with Gasteiger partial charge in [0.05, 0.1) is 0 Å². The summed E-state index contributed by atoms with van der Waals surface area (Å²) in [5, 5.41) is 2.35. The molecule has 0 radical (unpaired) electrons. The van der Waals surface area contributed by atoms with E-state index in [0.29, 0.717) is 29.1 Å². The van der Waals surface area contributed by atoms with E-state index >= 15 is 0 Å². The van der Waals surface area contributed by atoms with Gasteiger partial charge in [-0.05, 0) is 80.9 Å². The summed E-state index contributed by atoms with van der Waals surface area (Å²) in [5.41, 5.74) is 1.60. The average Bonchev–Trinajstić information content (AvgIpc) is 3.03. The van der Waals surface area contributed by atoms with Gasteiger partial charge in [0, 0.05) is 75.9 Å². The highest BCUT2D eigenvalue weighted by Gasteiger charge is 2.40. The molecule has 42 heavy (non-hydrogen) atoms. The Morgan fingerprint density at radius 2 is 1.52 bits per heavy atom. The maximum atomic E-state index is 13.4. The average molecular weight is 578 g/mol. The lowest BCUT2D eigenvalue weighted by atomic mass is 9.65. The van der Waals surface area contributed by atoms with E-state index in [4.69, 9.17) is 0 Å². The SMILES string of the molecule is O=C1CCN(c2cccc(C(=O)N3CCC4(CCC(CN5CCN(C(=O)C6CCCCC6)CC5)CC4)CC3)c2)C(=O)N1. The number of urea groups is 1. The Morgan fingerprint density at radius 1 is 0.810 bits per heavy atom. The summed E-state index contributed by atoms with van der Waals surface area (Å²) in [6, 6.07) is 6.79. The maximum Gasteiger partial charge on any atom is 0.328 e. The van der Waals surface area contributed by atoms with Gasteiger partial charge in [-0.25, -0.2) is 4.79 Å². The molecule has 1 aromatic carbocycles. The third kappa shape index (κ3) is 6.51. The number of likely N-dealkylation sites (tertiary alicyclic amines) is 1. The second kappa shape index (κ2) is 12.7. The van der Waals surface area contributed by atoms with Gasteiger partial charge in [-0.1, -0.05) is 25.3 Å². The van der Waals surface area contributed by atoms with Crippen LogP contribution in [0.4, 0.5) is 10.5 Å². The first kappa shape index (κ1) is 29.1. The number of hydrogen-bond acceptors (Lipinski definition) is 5. The van der Waals surface area contributed by atoms with Crippen molar-refractivity contribution in [2.75, 3.05) is 57.3 Å². The molecule has 0 bridgehead atoms. The quantitative estimate of drug-likeness (QED) is 0.564. The van der Waals surface area contributed by atoms with E-state index in [9.17, 15) is 19.2 Å². The van der Waals surface area contributed by atoms with Crippen molar-refractivity contribution in [2.45, 2.75) is 77.0 Å². The zero-order valence-corrected chi connectivity index (χ0v) is 25.0. The number of piperazine rings is 1. The van der Waals surface area contributed by atoms with Crippen molar-refractivity contribution in [2.24, 2.45) is 17.3 Å². The Morgan fingerprint density at radius 3 is 2.21 bits per heavy atom. The topological polar surface area (TPSA) is 93.3 Å². The Kier molecular flexibility index (Phi) is 8.84. The Hall–Kier alpha value is -2.94. The van der Waals surface area contributed by atoms with Crippen LogP contribution >= 0.6 is 0 Å². The molecule has 5 amide bonds. The van der Waals surface area contributed by atoms with Gasteiger partial charge in [-0.15, -0.1) is 0 Å². The summed E-state index contributed by atoms with van der Waals surface area (Å²) < 4.78 is 0. The lowest BCUT2D eigenvalue weighted by molar-refractivity contribution is -0.138. The summed E-state index contributed by atoms with van der Waals surface area (Å²) >= 11 is 0. The first-order valence-corrected chi connectivity index (χ1v) is 16.4. The first-order valence-electron chi connectivity index (χ1n) is 16.4. The predicted molar refractivity (Wildman–Crippen MR) is 161 cm³/mol. The predicted octanol–water partition coefficient (Wildman–Crippen LogP) is 4.27. The van der Waals surface area contributed by atoms with Crippen LogP contribution in [0.15, 0.2) is 24.3 Å².